The van der Waals surface area contributed by atoms with Crippen LogP contribution in [0, 0.1) is 11.3 Å². The number of anilines is 2. The van der Waals surface area contributed by atoms with Crippen molar-refractivity contribution >= 4 is 23.5 Å². The van der Waals surface area contributed by atoms with Gasteiger partial charge in [-0.15, -0.1) is 0 Å². The van der Waals surface area contributed by atoms with Crippen molar-refractivity contribution in [2.45, 2.75) is 27.7 Å². The summed E-state index contributed by atoms with van der Waals surface area (Å²) in [6.45, 7) is 9.64. The van der Waals surface area contributed by atoms with Crippen LogP contribution in [0.3, 0.4) is 0 Å². The van der Waals surface area contributed by atoms with Gasteiger partial charge >= 0.3 is 0 Å². The lowest BCUT2D eigenvalue weighted by Gasteiger charge is -2.27. The molecule has 0 aliphatic heterocycles. The van der Waals surface area contributed by atoms with Crippen molar-refractivity contribution in [3.05, 3.63) is 5.28 Å². The van der Waals surface area contributed by atoms with Gasteiger partial charge in [0.2, 0.25) is 17.2 Å². The summed E-state index contributed by atoms with van der Waals surface area (Å²) in [5, 5.41) is 3.42. The molecule has 0 bridgehead atoms. The Morgan fingerprint density at radius 1 is 1.22 bits per heavy atom. The van der Waals surface area contributed by atoms with Crippen LogP contribution in [0.2, 0.25) is 5.28 Å². The van der Waals surface area contributed by atoms with Crippen LogP contribution < -0.4 is 10.2 Å². The van der Waals surface area contributed by atoms with Crippen molar-refractivity contribution in [2.24, 2.45) is 11.3 Å². The van der Waals surface area contributed by atoms with E-state index in [-0.39, 0.29) is 10.7 Å². The van der Waals surface area contributed by atoms with Gasteiger partial charge in [-0.2, -0.15) is 15.0 Å². The summed E-state index contributed by atoms with van der Waals surface area (Å²) in [7, 11) is 3.74. The highest BCUT2D eigenvalue weighted by atomic mass is 35.5. The quantitative estimate of drug-likeness (QED) is 0.912. The van der Waals surface area contributed by atoms with Crippen molar-refractivity contribution in [2.75, 3.05) is 30.9 Å². The van der Waals surface area contributed by atoms with E-state index in [9.17, 15) is 0 Å². The summed E-state index contributed by atoms with van der Waals surface area (Å²) >= 11 is 5.87. The first kappa shape index (κ1) is 15.0. The fraction of sp³-hybridized carbons (Fsp3) is 0.750. The Bertz CT molecular complexity index is 400. The Hall–Kier alpha value is -1.10. The minimum absolute atomic E-state index is 0.208. The summed E-state index contributed by atoms with van der Waals surface area (Å²) in [6.07, 6.45) is 0. The summed E-state index contributed by atoms with van der Waals surface area (Å²) in [5.74, 6) is 1.58. The number of nitrogens with one attached hydrogen (secondary N) is 1. The first-order chi connectivity index (χ1) is 8.20. The number of aromatic nitrogens is 3. The van der Waals surface area contributed by atoms with Crippen molar-refractivity contribution in [1.29, 1.82) is 0 Å². The molecule has 18 heavy (non-hydrogen) atoms. The summed E-state index contributed by atoms with van der Waals surface area (Å²) < 4.78 is 0. The Morgan fingerprint density at radius 2 is 1.83 bits per heavy atom. The van der Waals surface area contributed by atoms with E-state index in [0.29, 0.717) is 17.8 Å². The molecular weight excluding hydrogens is 250 g/mol. The molecule has 0 fully saturated rings. The van der Waals surface area contributed by atoms with Crippen LogP contribution in [0.15, 0.2) is 0 Å². The summed E-state index contributed by atoms with van der Waals surface area (Å²) in [6, 6.07) is 0. The molecule has 0 amide bonds. The van der Waals surface area contributed by atoms with Crippen LogP contribution in [0.4, 0.5) is 11.9 Å². The third-order valence-electron chi connectivity index (χ3n) is 3.04. The Balaban J connectivity index is 2.73. The topological polar surface area (TPSA) is 53.9 Å². The predicted molar refractivity (Wildman–Crippen MR) is 76.3 cm³/mol. The van der Waals surface area contributed by atoms with Gasteiger partial charge in [0.1, 0.15) is 0 Å². The van der Waals surface area contributed by atoms with Gasteiger partial charge in [-0.05, 0) is 22.9 Å². The maximum Gasteiger partial charge on any atom is 0.230 e. The molecule has 102 valence electrons. The molecular formula is C12H22ClN5. The van der Waals surface area contributed by atoms with Crippen molar-refractivity contribution in [1.82, 2.24) is 15.0 Å². The zero-order valence-corrected chi connectivity index (χ0v) is 12.7. The predicted octanol–water partition coefficient (Wildman–Crippen LogP) is 2.69. The fourth-order valence-corrected chi connectivity index (χ4v) is 1.32. The van der Waals surface area contributed by atoms with Crippen molar-refractivity contribution < 1.29 is 0 Å². The molecule has 1 atom stereocenters. The molecule has 1 unspecified atom stereocenters. The molecule has 0 spiro atoms. The highest BCUT2D eigenvalue weighted by molar-refractivity contribution is 6.28. The Labute approximate surface area is 114 Å². The van der Waals surface area contributed by atoms with E-state index in [4.69, 9.17) is 11.6 Å². The molecule has 0 aromatic carbocycles. The first-order valence-corrected chi connectivity index (χ1v) is 6.40. The molecule has 0 saturated heterocycles. The summed E-state index contributed by atoms with van der Waals surface area (Å²) in [4.78, 5) is 14.2. The molecule has 1 N–H and O–H groups in total. The van der Waals surface area contributed by atoms with Gasteiger partial charge in [0.25, 0.3) is 0 Å². The monoisotopic (exact) mass is 271 g/mol. The van der Waals surface area contributed by atoms with Crippen LogP contribution in [-0.4, -0.2) is 35.6 Å². The second-order valence-corrected chi connectivity index (χ2v) is 6.11. The molecule has 0 saturated carbocycles. The number of nitrogens with zero attached hydrogens (tertiary/aromatic N) is 4. The molecule has 1 rings (SSSR count). The smallest absolute Gasteiger partial charge is 0.230 e. The second kappa shape index (κ2) is 5.69. The largest absolute Gasteiger partial charge is 0.354 e. The van der Waals surface area contributed by atoms with Crippen LogP contribution in [0.1, 0.15) is 27.7 Å². The average Bonchev–Trinajstić information content (AvgIpc) is 2.23. The molecule has 1 aromatic heterocycles. The number of rotatable bonds is 4. The van der Waals surface area contributed by atoms with Gasteiger partial charge in [-0.25, -0.2) is 0 Å². The third-order valence-corrected chi connectivity index (χ3v) is 3.21. The van der Waals surface area contributed by atoms with Crippen LogP contribution in [0.25, 0.3) is 0 Å². The lowest BCUT2D eigenvalue weighted by atomic mass is 9.82. The SMILES string of the molecule is CC(CNc1nc(Cl)nc(N(C)C)n1)C(C)(C)C. The van der Waals surface area contributed by atoms with Crippen LogP contribution >= 0.6 is 11.6 Å². The first-order valence-electron chi connectivity index (χ1n) is 6.03. The average molecular weight is 272 g/mol. The number of hydrogen-bond donors (Lipinski definition) is 1. The zero-order valence-electron chi connectivity index (χ0n) is 12.0. The molecule has 5 nitrogen and oxygen atoms in total. The van der Waals surface area contributed by atoms with E-state index in [2.05, 4.69) is 48.0 Å². The minimum Gasteiger partial charge on any atom is -0.354 e. The van der Waals surface area contributed by atoms with E-state index < -0.39 is 0 Å². The lowest BCUT2D eigenvalue weighted by molar-refractivity contribution is 0.274. The minimum atomic E-state index is 0.208. The van der Waals surface area contributed by atoms with Gasteiger partial charge in [0, 0.05) is 20.6 Å². The third kappa shape index (κ3) is 4.29. The van der Waals surface area contributed by atoms with Crippen molar-refractivity contribution in [3.63, 3.8) is 0 Å². The van der Waals surface area contributed by atoms with Gasteiger partial charge in [0.05, 0.1) is 0 Å². The fourth-order valence-electron chi connectivity index (χ4n) is 1.17. The maximum atomic E-state index is 5.87. The molecule has 6 heteroatoms. The molecule has 0 aliphatic rings. The maximum absolute atomic E-state index is 5.87. The van der Waals surface area contributed by atoms with E-state index in [0.717, 1.165) is 6.54 Å². The van der Waals surface area contributed by atoms with Crippen LogP contribution in [0.5, 0.6) is 0 Å². The van der Waals surface area contributed by atoms with E-state index in [1.54, 1.807) is 4.90 Å². The Kier molecular flexibility index (Phi) is 4.73. The van der Waals surface area contributed by atoms with Crippen molar-refractivity contribution in [3.8, 4) is 0 Å². The molecule has 0 aliphatic carbocycles. The summed E-state index contributed by atoms with van der Waals surface area (Å²) in [5.41, 5.74) is 0.244. The Morgan fingerprint density at radius 3 is 2.33 bits per heavy atom. The van der Waals surface area contributed by atoms with Crippen LogP contribution in [-0.2, 0) is 0 Å². The lowest BCUT2D eigenvalue weighted by Crippen LogP contribution is -2.25. The number of halogens is 1. The van der Waals surface area contributed by atoms with Gasteiger partial charge in [-0.3, -0.25) is 0 Å². The van der Waals surface area contributed by atoms with E-state index in [1.165, 1.54) is 0 Å². The second-order valence-electron chi connectivity index (χ2n) is 5.77. The van der Waals surface area contributed by atoms with E-state index >= 15 is 0 Å². The normalized spacial score (nSPS) is 13.3. The standard InChI is InChI=1S/C12H22ClN5/c1-8(12(2,3)4)7-14-10-15-9(13)16-11(17-10)18(5)6/h8H,7H2,1-6H3,(H,14,15,16,17). The highest BCUT2D eigenvalue weighted by Crippen LogP contribution is 2.25. The molecule has 1 heterocycles. The van der Waals surface area contributed by atoms with Gasteiger partial charge in [0.15, 0.2) is 0 Å². The van der Waals surface area contributed by atoms with E-state index in [1.807, 2.05) is 14.1 Å². The molecule has 0 radical (unpaired) electrons. The number of hydrogen-bond acceptors (Lipinski definition) is 5. The van der Waals surface area contributed by atoms with Gasteiger partial charge in [-0.1, -0.05) is 27.7 Å². The van der Waals surface area contributed by atoms with Gasteiger partial charge < -0.3 is 10.2 Å². The molecule has 1 aromatic rings. The zero-order chi connectivity index (χ0) is 13.9. The highest BCUT2D eigenvalue weighted by Gasteiger charge is 2.20.